The highest BCUT2D eigenvalue weighted by atomic mass is 35.5. The Labute approximate surface area is 91.8 Å². The van der Waals surface area contributed by atoms with Crippen LogP contribution in [0.3, 0.4) is 0 Å². The lowest BCUT2D eigenvalue weighted by molar-refractivity contribution is -0.112. The van der Waals surface area contributed by atoms with Crippen LogP contribution in [-0.4, -0.2) is 28.4 Å². The van der Waals surface area contributed by atoms with Gasteiger partial charge in [0.05, 0.1) is 0 Å². The van der Waals surface area contributed by atoms with Gasteiger partial charge >= 0.3 is 7.60 Å². The fraction of sp³-hybridized carbons (Fsp3) is 0.833. The molecule has 0 saturated carbocycles. The maximum Gasteiger partial charge on any atom is 0.369 e. The predicted molar refractivity (Wildman–Crippen MR) is 52.5 cm³/mol. The van der Waals surface area contributed by atoms with Crippen molar-refractivity contribution in [1.82, 2.24) is 0 Å². The molecule has 14 heavy (non-hydrogen) atoms. The van der Waals surface area contributed by atoms with Gasteiger partial charge in [-0.1, -0.05) is 23.2 Å². The second-order valence-electron chi connectivity index (χ2n) is 2.39. The van der Waals surface area contributed by atoms with Crippen molar-refractivity contribution < 1.29 is 23.5 Å². The van der Waals surface area contributed by atoms with Crippen molar-refractivity contribution in [1.29, 1.82) is 0 Å². The lowest BCUT2D eigenvalue weighted by Gasteiger charge is -2.22. The second kappa shape index (κ2) is 6.05. The van der Waals surface area contributed by atoms with Crippen LogP contribution in [0.4, 0.5) is 0 Å². The molecule has 0 radical (unpaired) electrons. The van der Waals surface area contributed by atoms with Crippen LogP contribution < -0.4 is 0 Å². The minimum absolute atomic E-state index is 0.0410. The van der Waals surface area contributed by atoms with Crippen LogP contribution in [0.5, 0.6) is 0 Å². The quantitative estimate of drug-likeness (QED) is 0.451. The predicted octanol–water partition coefficient (Wildman–Crippen LogP) is 1.90. The molecular formula is C6H11Cl2O5P. The molecule has 3 atom stereocenters. The first kappa shape index (κ1) is 14.4. The first-order chi connectivity index (χ1) is 6.31. The molecule has 3 unspecified atom stereocenters. The van der Waals surface area contributed by atoms with Gasteiger partial charge in [0.2, 0.25) is 5.85 Å². The molecule has 0 bridgehead atoms. The van der Waals surface area contributed by atoms with E-state index >= 15 is 0 Å². The fourth-order valence-electron chi connectivity index (χ4n) is 0.629. The molecule has 0 aliphatic carbocycles. The first-order valence-corrected chi connectivity index (χ1v) is 6.18. The lowest BCUT2D eigenvalue weighted by Crippen LogP contribution is -2.17. The first-order valence-electron chi connectivity index (χ1n) is 3.70. The van der Waals surface area contributed by atoms with E-state index in [4.69, 9.17) is 28.3 Å². The zero-order valence-corrected chi connectivity index (χ0v) is 10.00. The molecule has 0 aromatic carbocycles. The molecule has 0 rings (SSSR count). The average molecular weight is 265 g/mol. The Hall–Kier alpha value is 0.360. The van der Waals surface area contributed by atoms with Gasteiger partial charge in [-0.3, -0.25) is 18.4 Å². The van der Waals surface area contributed by atoms with E-state index in [2.05, 4.69) is 9.05 Å². The molecule has 0 saturated heterocycles. The van der Waals surface area contributed by atoms with E-state index in [9.17, 15) is 9.36 Å². The smallest absolute Gasteiger partial charge is 0.369 e. The van der Waals surface area contributed by atoms with Crippen LogP contribution in [0.15, 0.2) is 0 Å². The molecule has 0 aromatic rings. The number of carbonyl (C=O) groups excluding carboxylic acids is 1. The SMILES string of the molecule is CC(Cl)OP(=O)(OC(C)Cl)C(O)C=O. The lowest BCUT2D eigenvalue weighted by atomic mass is 10.8. The van der Waals surface area contributed by atoms with Gasteiger partial charge in [0.25, 0.3) is 0 Å². The van der Waals surface area contributed by atoms with Crippen LogP contribution >= 0.6 is 30.8 Å². The number of hydrogen-bond donors (Lipinski definition) is 1. The summed E-state index contributed by atoms with van der Waals surface area (Å²) in [5, 5.41) is 9.08. The zero-order valence-electron chi connectivity index (χ0n) is 7.59. The highest BCUT2D eigenvalue weighted by Gasteiger charge is 2.37. The molecule has 0 aliphatic heterocycles. The van der Waals surface area contributed by atoms with Crippen molar-refractivity contribution in [2.75, 3.05) is 0 Å². The van der Waals surface area contributed by atoms with Gasteiger partial charge in [-0.05, 0) is 13.8 Å². The third-order valence-electron chi connectivity index (χ3n) is 1.03. The number of aliphatic hydroxyl groups is 1. The van der Waals surface area contributed by atoms with Gasteiger partial charge in [0.15, 0.2) is 6.29 Å². The second-order valence-corrected chi connectivity index (χ2v) is 5.65. The third kappa shape index (κ3) is 4.73. The molecule has 0 fully saturated rings. The summed E-state index contributed by atoms with van der Waals surface area (Å²) in [6.45, 7) is 2.74. The van der Waals surface area contributed by atoms with E-state index in [0.29, 0.717) is 0 Å². The van der Waals surface area contributed by atoms with Gasteiger partial charge in [-0.15, -0.1) is 0 Å². The zero-order chi connectivity index (χ0) is 11.4. The van der Waals surface area contributed by atoms with Crippen LogP contribution in [0, 0.1) is 0 Å². The summed E-state index contributed by atoms with van der Waals surface area (Å²) in [5.74, 6) is -1.88. The number of halogens is 2. The van der Waals surface area contributed by atoms with E-state index in [-0.39, 0.29) is 6.29 Å². The average Bonchev–Trinajstić information content (AvgIpc) is 1.99. The van der Waals surface area contributed by atoms with Gasteiger partial charge < -0.3 is 5.11 Å². The summed E-state index contributed by atoms with van der Waals surface area (Å²) in [4.78, 5) is 10.2. The maximum atomic E-state index is 11.7. The monoisotopic (exact) mass is 264 g/mol. The standard InChI is InChI=1S/C6H11Cl2O5P/c1-4(7)12-14(11,6(10)3-9)13-5(2)8/h3-6,10H,1-2H3. The normalized spacial score (nSPS) is 22.1. The number of hydrogen-bond acceptors (Lipinski definition) is 5. The summed E-state index contributed by atoms with van der Waals surface area (Å²) in [6.07, 6.45) is 0.0410. The van der Waals surface area contributed by atoms with Gasteiger partial charge in [-0.2, -0.15) is 0 Å². The molecular weight excluding hydrogens is 254 g/mol. The van der Waals surface area contributed by atoms with Crippen molar-refractivity contribution in [3.05, 3.63) is 0 Å². The van der Waals surface area contributed by atoms with E-state index in [1.165, 1.54) is 13.8 Å². The fourth-order valence-corrected chi connectivity index (χ4v) is 2.55. The molecule has 0 spiro atoms. The van der Waals surface area contributed by atoms with Crippen molar-refractivity contribution >= 4 is 37.1 Å². The minimum Gasteiger partial charge on any atom is -0.374 e. The Balaban J connectivity index is 4.66. The Morgan fingerprint density at radius 3 is 1.86 bits per heavy atom. The Kier molecular flexibility index (Phi) is 6.21. The molecule has 8 heteroatoms. The summed E-state index contributed by atoms with van der Waals surface area (Å²) >= 11 is 10.8. The van der Waals surface area contributed by atoms with E-state index in [0.717, 1.165) is 0 Å². The summed E-state index contributed by atoms with van der Waals surface area (Å²) < 4.78 is 20.9. The van der Waals surface area contributed by atoms with Crippen molar-refractivity contribution in [2.45, 2.75) is 30.8 Å². The van der Waals surface area contributed by atoms with Crippen LogP contribution in [0.1, 0.15) is 13.8 Å². The number of aldehydes is 1. The summed E-state index contributed by atoms with van der Waals surface area (Å²) in [6, 6.07) is 0. The van der Waals surface area contributed by atoms with Crippen molar-refractivity contribution in [3.63, 3.8) is 0 Å². The molecule has 84 valence electrons. The molecule has 0 heterocycles. The van der Waals surface area contributed by atoms with Crippen molar-refractivity contribution in [3.8, 4) is 0 Å². The van der Waals surface area contributed by atoms with Crippen molar-refractivity contribution in [2.24, 2.45) is 0 Å². The van der Waals surface area contributed by atoms with Gasteiger partial charge in [0.1, 0.15) is 11.1 Å². The number of alkyl halides is 2. The summed E-state index contributed by atoms with van der Waals surface area (Å²) in [7, 11) is -4.00. The summed E-state index contributed by atoms with van der Waals surface area (Å²) in [5.41, 5.74) is -1.93. The van der Waals surface area contributed by atoms with Crippen LogP contribution in [0.25, 0.3) is 0 Å². The van der Waals surface area contributed by atoms with Crippen LogP contribution in [0.2, 0.25) is 0 Å². The molecule has 0 amide bonds. The van der Waals surface area contributed by atoms with E-state index < -0.39 is 24.6 Å². The van der Waals surface area contributed by atoms with Crippen LogP contribution in [-0.2, 0) is 18.4 Å². The number of aliphatic hydroxyl groups excluding tert-OH is 1. The Morgan fingerprint density at radius 1 is 1.29 bits per heavy atom. The van der Waals surface area contributed by atoms with E-state index in [1.54, 1.807) is 0 Å². The molecule has 5 nitrogen and oxygen atoms in total. The van der Waals surface area contributed by atoms with Gasteiger partial charge in [-0.25, -0.2) is 0 Å². The number of carbonyl (C=O) groups is 1. The Morgan fingerprint density at radius 2 is 1.64 bits per heavy atom. The highest BCUT2D eigenvalue weighted by molar-refractivity contribution is 7.55. The largest absolute Gasteiger partial charge is 0.374 e. The Bertz CT molecular complexity index is 218. The minimum atomic E-state index is -4.00. The highest BCUT2D eigenvalue weighted by Crippen LogP contribution is 2.54. The third-order valence-corrected chi connectivity index (χ3v) is 3.45. The molecule has 0 aliphatic rings. The topological polar surface area (TPSA) is 72.8 Å². The number of rotatable bonds is 6. The molecule has 0 aromatic heterocycles. The maximum absolute atomic E-state index is 11.7. The van der Waals surface area contributed by atoms with Gasteiger partial charge in [0, 0.05) is 0 Å². The van der Waals surface area contributed by atoms with E-state index in [1.807, 2.05) is 0 Å². The molecule has 1 N–H and O–H groups in total.